The monoisotopic (exact) mass is 302 g/mol. The summed E-state index contributed by atoms with van der Waals surface area (Å²) in [5, 5.41) is 9.28. The zero-order valence-corrected chi connectivity index (χ0v) is 12.8. The molecule has 0 radical (unpaired) electrons. The van der Waals surface area contributed by atoms with Crippen molar-refractivity contribution in [1.82, 2.24) is 0 Å². The summed E-state index contributed by atoms with van der Waals surface area (Å²) in [6, 6.07) is 9.96. The lowest BCUT2D eigenvalue weighted by molar-refractivity contribution is 0.101. The van der Waals surface area contributed by atoms with E-state index in [0.717, 1.165) is 5.56 Å². The van der Waals surface area contributed by atoms with Gasteiger partial charge in [0.15, 0.2) is 5.78 Å². The molecule has 0 aliphatic carbocycles. The number of hydrogen-bond acceptors (Lipinski definition) is 5. The molecule has 0 aromatic heterocycles. The molecule has 1 N–H and O–H groups in total. The van der Waals surface area contributed by atoms with Crippen LogP contribution < -0.4 is 14.2 Å². The number of phenolic OH excluding ortho intramolecular Hbond substituents is 1. The molecule has 0 saturated carbocycles. The summed E-state index contributed by atoms with van der Waals surface area (Å²) < 4.78 is 16.2. The highest BCUT2D eigenvalue weighted by atomic mass is 16.5. The maximum absolute atomic E-state index is 11.9. The smallest absolute Gasteiger partial charge is 0.167 e. The Hall–Kier alpha value is -2.69. The summed E-state index contributed by atoms with van der Waals surface area (Å²) in [6.45, 7) is 1.72. The Morgan fingerprint density at radius 3 is 2.23 bits per heavy atom. The third-order valence-corrected chi connectivity index (χ3v) is 3.18. The Morgan fingerprint density at radius 2 is 1.68 bits per heavy atom. The molecule has 116 valence electrons. The molecule has 0 fully saturated rings. The van der Waals surface area contributed by atoms with Gasteiger partial charge in [-0.05, 0) is 24.6 Å². The average molecular weight is 302 g/mol. The van der Waals surface area contributed by atoms with Gasteiger partial charge in [0, 0.05) is 12.1 Å². The third-order valence-electron chi connectivity index (χ3n) is 3.18. The lowest BCUT2D eigenvalue weighted by Crippen LogP contribution is -2.05. The lowest BCUT2D eigenvalue weighted by atomic mass is 10.1. The van der Waals surface area contributed by atoms with Crippen molar-refractivity contribution in [1.29, 1.82) is 0 Å². The van der Waals surface area contributed by atoms with Gasteiger partial charge in [-0.3, -0.25) is 4.79 Å². The minimum Gasteiger partial charge on any atom is -0.508 e. The van der Waals surface area contributed by atoms with Gasteiger partial charge in [0.25, 0.3) is 0 Å². The number of carbonyl (C=O) groups excluding carboxylic acids is 1. The molecule has 0 unspecified atom stereocenters. The van der Waals surface area contributed by atoms with Gasteiger partial charge in [0.1, 0.15) is 35.2 Å². The van der Waals surface area contributed by atoms with Gasteiger partial charge in [-0.2, -0.15) is 0 Å². The highest BCUT2D eigenvalue weighted by Gasteiger charge is 2.17. The second-order valence-corrected chi connectivity index (χ2v) is 4.71. The summed E-state index contributed by atoms with van der Waals surface area (Å²) >= 11 is 0. The van der Waals surface area contributed by atoms with Crippen LogP contribution in [0.15, 0.2) is 36.4 Å². The van der Waals surface area contributed by atoms with Crippen LogP contribution in [0.2, 0.25) is 0 Å². The number of phenols is 1. The number of rotatable bonds is 6. The first-order valence-corrected chi connectivity index (χ1v) is 6.72. The van der Waals surface area contributed by atoms with Crippen molar-refractivity contribution in [2.75, 3.05) is 14.2 Å². The zero-order valence-electron chi connectivity index (χ0n) is 12.8. The summed E-state index contributed by atoms with van der Waals surface area (Å²) in [4.78, 5) is 11.9. The van der Waals surface area contributed by atoms with Crippen LogP contribution >= 0.6 is 0 Å². The molecule has 0 heterocycles. The van der Waals surface area contributed by atoms with E-state index in [9.17, 15) is 9.90 Å². The van der Waals surface area contributed by atoms with Gasteiger partial charge in [0.2, 0.25) is 0 Å². The van der Waals surface area contributed by atoms with E-state index in [1.54, 1.807) is 36.4 Å². The second kappa shape index (κ2) is 6.85. The first-order chi connectivity index (χ1) is 10.5. The van der Waals surface area contributed by atoms with E-state index in [4.69, 9.17) is 14.2 Å². The maximum atomic E-state index is 11.9. The van der Waals surface area contributed by atoms with Crippen LogP contribution in [0.1, 0.15) is 22.8 Å². The largest absolute Gasteiger partial charge is 0.508 e. The predicted octanol–water partition coefficient (Wildman–Crippen LogP) is 3.19. The number of ketones is 1. The van der Waals surface area contributed by atoms with Gasteiger partial charge < -0.3 is 19.3 Å². The Labute approximate surface area is 129 Å². The predicted molar refractivity (Wildman–Crippen MR) is 82.0 cm³/mol. The van der Waals surface area contributed by atoms with E-state index in [0.29, 0.717) is 22.8 Å². The Balaban J connectivity index is 2.31. The van der Waals surface area contributed by atoms with Crippen molar-refractivity contribution in [2.45, 2.75) is 13.5 Å². The quantitative estimate of drug-likeness (QED) is 0.830. The summed E-state index contributed by atoms with van der Waals surface area (Å²) in [5.74, 6) is 1.39. The van der Waals surface area contributed by atoms with Crippen LogP contribution in [0.4, 0.5) is 0 Å². The molecule has 0 saturated heterocycles. The molecule has 5 nitrogen and oxygen atoms in total. The molecule has 0 amide bonds. The van der Waals surface area contributed by atoms with E-state index >= 15 is 0 Å². The fourth-order valence-electron chi connectivity index (χ4n) is 2.06. The standard InChI is InChI=1S/C17H18O5/c1-11(18)17-15(21-3)8-14(20-2)9-16(17)22-10-12-4-6-13(19)7-5-12/h4-9,19H,10H2,1-3H3. The van der Waals surface area contributed by atoms with E-state index in [-0.39, 0.29) is 18.1 Å². The van der Waals surface area contributed by atoms with Gasteiger partial charge >= 0.3 is 0 Å². The molecule has 0 bridgehead atoms. The summed E-state index contributed by atoms with van der Waals surface area (Å²) in [6.07, 6.45) is 0. The van der Waals surface area contributed by atoms with E-state index in [1.165, 1.54) is 21.1 Å². The molecule has 0 aliphatic heterocycles. The van der Waals surface area contributed by atoms with Crippen molar-refractivity contribution < 1.29 is 24.1 Å². The molecule has 2 aromatic carbocycles. The SMILES string of the molecule is COc1cc(OC)c(C(C)=O)c(OCc2ccc(O)cc2)c1. The lowest BCUT2D eigenvalue weighted by Gasteiger charge is -2.15. The first-order valence-electron chi connectivity index (χ1n) is 6.72. The van der Waals surface area contributed by atoms with E-state index in [2.05, 4.69) is 0 Å². The molecular formula is C17H18O5. The molecule has 0 spiro atoms. The fraction of sp³-hybridized carbons (Fsp3) is 0.235. The van der Waals surface area contributed by atoms with Crippen molar-refractivity contribution in [3.05, 3.63) is 47.5 Å². The molecule has 2 rings (SSSR count). The topological polar surface area (TPSA) is 65.0 Å². The minimum absolute atomic E-state index is 0.153. The van der Waals surface area contributed by atoms with Crippen LogP contribution in [0.3, 0.4) is 0 Å². The van der Waals surface area contributed by atoms with Gasteiger partial charge in [0.05, 0.1) is 14.2 Å². The van der Waals surface area contributed by atoms with Crippen molar-refractivity contribution in [3.8, 4) is 23.0 Å². The number of carbonyl (C=O) groups is 1. The Bertz CT molecular complexity index is 661. The number of methoxy groups -OCH3 is 2. The number of Topliss-reactive ketones (excluding diaryl/α,β-unsaturated/α-hetero) is 1. The average Bonchev–Trinajstić information content (AvgIpc) is 2.53. The molecule has 22 heavy (non-hydrogen) atoms. The molecule has 0 atom stereocenters. The number of ether oxygens (including phenoxy) is 3. The van der Waals surface area contributed by atoms with Crippen LogP contribution in [0, 0.1) is 0 Å². The first kappa shape index (κ1) is 15.7. The van der Waals surface area contributed by atoms with Crippen LogP contribution in [0.5, 0.6) is 23.0 Å². The zero-order chi connectivity index (χ0) is 16.1. The number of aromatic hydroxyl groups is 1. The fourth-order valence-corrected chi connectivity index (χ4v) is 2.06. The maximum Gasteiger partial charge on any atom is 0.167 e. The molecule has 2 aromatic rings. The third kappa shape index (κ3) is 3.49. The summed E-state index contributed by atoms with van der Waals surface area (Å²) in [7, 11) is 3.02. The highest BCUT2D eigenvalue weighted by Crippen LogP contribution is 2.35. The van der Waals surface area contributed by atoms with E-state index in [1.807, 2.05) is 0 Å². The highest BCUT2D eigenvalue weighted by molar-refractivity contribution is 6.00. The Kier molecular flexibility index (Phi) is 4.88. The number of benzene rings is 2. The van der Waals surface area contributed by atoms with Gasteiger partial charge in [-0.25, -0.2) is 0 Å². The number of hydrogen-bond donors (Lipinski definition) is 1. The molecule has 0 aliphatic rings. The van der Waals surface area contributed by atoms with Crippen molar-refractivity contribution >= 4 is 5.78 Å². The van der Waals surface area contributed by atoms with Crippen LogP contribution in [-0.2, 0) is 6.61 Å². The summed E-state index contributed by atoms with van der Waals surface area (Å²) in [5.41, 5.74) is 1.25. The minimum atomic E-state index is -0.153. The van der Waals surface area contributed by atoms with Gasteiger partial charge in [-0.15, -0.1) is 0 Å². The van der Waals surface area contributed by atoms with Crippen molar-refractivity contribution in [2.24, 2.45) is 0 Å². The second-order valence-electron chi connectivity index (χ2n) is 4.71. The normalized spacial score (nSPS) is 10.1. The Morgan fingerprint density at radius 1 is 1.05 bits per heavy atom. The van der Waals surface area contributed by atoms with E-state index < -0.39 is 0 Å². The van der Waals surface area contributed by atoms with Crippen LogP contribution in [-0.4, -0.2) is 25.1 Å². The van der Waals surface area contributed by atoms with Crippen LogP contribution in [0.25, 0.3) is 0 Å². The van der Waals surface area contributed by atoms with Crippen molar-refractivity contribution in [3.63, 3.8) is 0 Å². The molecular weight excluding hydrogens is 284 g/mol. The van der Waals surface area contributed by atoms with Gasteiger partial charge in [-0.1, -0.05) is 12.1 Å². The molecule has 5 heteroatoms.